The molecule has 2 rings (SSSR count). The molecule has 0 aromatic carbocycles. The van der Waals surface area contributed by atoms with E-state index in [1.807, 2.05) is 11.3 Å². The van der Waals surface area contributed by atoms with E-state index in [1.165, 1.54) is 24.8 Å². The first-order valence-electron chi connectivity index (χ1n) is 5.66. The average molecular weight is 243 g/mol. The lowest BCUT2D eigenvalue weighted by Crippen LogP contribution is -2.26. The zero-order chi connectivity index (χ0) is 11.1. The van der Waals surface area contributed by atoms with Gasteiger partial charge in [0, 0.05) is 10.8 Å². The van der Waals surface area contributed by atoms with E-state index in [1.54, 1.807) is 10.4 Å². The highest BCUT2D eigenvalue weighted by Gasteiger charge is 2.30. The molecule has 0 spiro atoms. The molecule has 0 saturated carbocycles. The van der Waals surface area contributed by atoms with Crippen LogP contribution in [0.15, 0.2) is 5.38 Å². The Bertz CT molecular complexity index is 346. The molecule has 15 heavy (non-hydrogen) atoms. The molecule has 1 atom stereocenters. The molecule has 1 unspecified atom stereocenters. The molecule has 1 heterocycles. The van der Waals surface area contributed by atoms with Gasteiger partial charge in [0.05, 0.1) is 0 Å². The molecule has 0 amide bonds. The Labute approximate surface area is 102 Å². The monoisotopic (exact) mass is 242 g/mol. The summed E-state index contributed by atoms with van der Waals surface area (Å²) in [6, 6.07) is 0. The van der Waals surface area contributed by atoms with Crippen LogP contribution in [0.3, 0.4) is 0 Å². The van der Waals surface area contributed by atoms with E-state index in [9.17, 15) is 0 Å². The number of alkyl halides is 1. The molecule has 0 fully saturated rings. The predicted molar refractivity (Wildman–Crippen MR) is 68.8 cm³/mol. The van der Waals surface area contributed by atoms with Gasteiger partial charge in [-0.3, -0.25) is 0 Å². The van der Waals surface area contributed by atoms with Crippen molar-refractivity contribution < 1.29 is 0 Å². The molecule has 1 aliphatic carbocycles. The van der Waals surface area contributed by atoms with Crippen molar-refractivity contribution in [3.05, 3.63) is 21.4 Å². The molecule has 1 aromatic rings. The maximum absolute atomic E-state index is 5.94. The summed E-state index contributed by atoms with van der Waals surface area (Å²) in [6.45, 7) is 7.08. The average Bonchev–Trinajstić information content (AvgIpc) is 2.58. The van der Waals surface area contributed by atoms with Gasteiger partial charge in [-0.15, -0.1) is 22.9 Å². The Kier molecular flexibility index (Phi) is 3.14. The minimum Gasteiger partial charge on any atom is -0.148 e. The lowest BCUT2D eigenvalue weighted by atomic mass is 9.72. The minimum atomic E-state index is 0.447. The summed E-state index contributed by atoms with van der Waals surface area (Å²) in [7, 11) is 0. The van der Waals surface area contributed by atoms with Crippen LogP contribution < -0.4 is 0 Å². The number of hydrogen-bond donors (Lipinski definition) is 0. The second-order valence-corrected chi connectivity index (χ2v) is 6.83. The molecule has 0 nitrogen and oxygen atoms in total. The molecule has 0 N–H and O–H groups in total. The normalized spacial score (nSPS) is 21.5. The zero-order valence-corrected chi connectivity index (χ0v) is 11.3. The van der Waals surface area contributed by atoms with E-state index in [2.05, 4.69) is 26.2 Å². The van der Waals surface area contributed by atoms with Crippen LogP contribution in [0.25, 0.3) is 0 Å². The van der Waals surface area contributed by atoms with E-state index in [4.69, 9.17) is 11.6 Å². The fourth-order valence-electron chi connectivity index (χ4n) is 2.43. The Morgan fingerprint density at radius 3 is 2.80 bits per heavy atom. The third kappa shape index (κ3) is 2.24. The fourth-order valence-corrected chi connectivity index (χ4v) is 3.94. The van der Waals surface area contributed by atoms with E-state index >= 15 is 0 Å². The van der Waals surface area contributed by atoms with Crippen LogP contribution in [-0.2, 0) is 18.7 Å². The van der Waals surface area contributed by atoms with Gasteiger partial charge >= 0.3 is 0 Å². The number of halogens is 1. The van der Waals surface area contributed by atoms with E-state index in [0.29, 0.717) is 11.3 Å². The lowest BCUT2D eigenvalue weighted by molar-refractivity contribution is 0.217. The highest BCUT2D eigenvalue weighted by atomic mass is 35.5. The maximum Gasteiger partial charge on any atom is 0.0485 e. The third-order valence-corrected chi connectivity index (χ3v) is 5.00. The Balaban J connectivity index is 2.21. The summed E-state index contributed by atoms with van der Waals surface area (Å²) in [5.41, 5.74) is 3.39. The molecule has 0 radical (unpaired) electrons. The molecular formula is C13H19ClS. The van der Waals surface area contributed by atoms with Gasteiger partial charge < -0.3 is 0 Å². The number of thiophene rings is 1. The van der Waals surface area contributed by atoms with Gasteiger partial charge in [0.1, 0.15) is 0 Å². The topological polar surface area (TPSA) is 0 Å². The second kappa shape index (κ2) is 4.10. The van der Waals surface area contributed by atoms with Gasteiger partial charge in [-0.1, -0.05) is 20.8 Å². The zero-order valence-electron chi connectivity index (χ0n) is 9.77. The fraction of sp³-hybridized carbons (Fsp3) is 0.692. The molecule has 84 valence electrons. The Morgan fingerprint density at radius 2 is 2.20 bits per heavy atom. The molecule has 0 saturated heterocycles. The van der Waals surface area contributed by atoms with Crippen LogP contribution in [0.2, 0.25) is 0 Å². The minimum absolute atomic E-state index is 0.447. The summed E-state index contributed by atoms with van der Waals surface area (Å²) in [5.74, 6) is 1.53. The van der Waals surface area contributed by atoms with Crippen LogP contribution in [0, 0.1) is 11.3 Å². The van der Waals surface area contributed by atoms with Crippen LogP contribution >= 0.6 is 22.9 Å². The summed E-state index contributed by atoms with van der Waals surface area (Å²) in [5, 5.41) is 2.25. The summed E-state index contributed by atoms with van der Waals surface area (Å²) in [6.07, 6.45) is 3.83. The molecule has 0 aliphatic heterocycles. The SMILES string of the molecule is CC(C)(C)C1CCc2c(CCl)csc2C1. The van der Waals surface area contributed by atoms with Crippen LogP contribution in [0.5, 0.6) is 0 Å². The van der Waals surface area contributed by atoms with Crippen molar-refractivity contribution in [3.63, 3.8) is 0 Å². The van der Waals surface area contributed by atoms with Crippen molar-refractivity contribution in [2.75, 3.05) is 0 Å². The Morgan fingerprint density at radius 1 is 1.47 bits per heavy atom. The van der Waals surface area contributed by atoms with Gasteiger partial charge in [-0.05, 0) is 47.1 Å². The lowest BCUT2D eigenvalue weighted by Gasteiger charge is -2.34. The summed E-state index contributed by atoms with van der Waals surface area (Å²) >= 11 is 7.85. The van der Waals surface area contributed by atoms with Crippen LogP contribution in [-0.4, -0.2) is 0 Å². The van der Waals surface area contributed by atoms with E-state index in [0.717, 1.165) is 5.92 Å². The maximum atomic E-state index is 5.94. The summed E-state index contributed by atoms with van der Waals surface area (Å²) < 4.78 is 0. The number of hydrogen-bond acceptors (Lipinski definition) is 1. The highest BCUT2D eigenvalue weighted by molar-refractivity contribution is 7.10. The number of rotatable bonds is 1. The largest absolute Gasteiger partial charge is 0.148 e. The predicted octanol–water partition coefficient (Wildman–Crippen LogP) is 4.64. The van der Waals surface area contributed by atoms with Gasteiger partial charge in [0.25, 0.3) is 0 Å². The van der Waals surface area contributed by atoms with Crippen molar-refractivity contribution in [2.45, 2.75) is 45.9 Å². The summed E-state index contributed by atoms with van der Waals surface area (Å²) in [4.78, 5) is 1.59. The van der Waals surface area contributed by atoms with E-state index < -0.39 is 0 Å². The molecule has 0 bridgehead atoms. The van der Waals surface area contributed by atoms with Gasteiger partial charge in [0.2, 0.25) is 0 Å². The van der Waals surface area contributed by atoms with Crippen molar-refractivity contribution in [1.82, 2.24) is 0 Å². The van der Waals surface area contributed by atoms with Crippen LogP contribution in [0.1, 0.15) is 43.2 Å². The quantitative estimate of drug-likeness (QED) is 0.630. The Hall–Kier alpha value is -0.0100. The van der Waals surface area contributed by atoms with Gasteiger partial charge in [-0.25, -0.2) is 0 Å². The van der Waals surface area contributed by atoms with Crippen molar-refractivity contribution in [2.24, 2.45) is 11.3 Å². The smallest absolute Gasteiger partial charge is 0.0485 e. The van der Waals surface area contributed by atoms with Crippen molar-refractivity contribution in [1.29, 1.82) is 0 Å². The highest BCUT2D eigenvalue weighted by Crippen LogP contribution is 2.40. The van der Waals surface area contributed by atoms with Crippen molar-refractivity contribution in [3.8, 4) is 0 Å². The first-order chi connectivity index (χ1) is 7.02. The van der Waals surface area contributed by atoms with Crippen molar-refractivity contribution >= 4 is 22.9 Å². The molecule has 1 aromatic heterocycles. The van der Waals surface area contributed by atoms with Crippen LogP contribution in [0.4, 0.5) is 0 Å². The standard InChI is InChI=1S/C13H19ClS/c1-13(2,3)10-4-5-11-9(7-14)8-15-12(11)6-10/h8,10H,4-7H2,1-3H3. The van der Waals surface area contributed by atoms with Gasteiger partial charge in [-0.2, -0.15) is 0 Å². The first kappa shape index (κ1) is 11.5. The molecule has 2 heteroatoms. The molecule has 1 aliphatic rings. The van der Waals surface area contributed by atoms with Gasteiger partial charge in [0.15, 0.2) is 0 Å². The third-order valence-electron chi connectivity index (χ3n) is 3.61. The molecular weight excluding hydrogens is 224 g/mol. The van der Waals surface area contributed by atoms with E-state index in [-0.39, 0.29) is 0 Å². The first-order valence-corrected chi connectivity index (χ1v) is 7.08. The second-order valence-electron chi connectivity index (χ2n) is 5.60. The number of fused-ring (bicyclic) bond motifs is 1.